The highest BCUT2D eigenvalue weighted by Crippen LogP contribution is 2.50. The summed E-state index contributed by atoms with van der Waals surface area (Å²) in [5.74, 6) is -4.93. The lowest BCUT2D eigenvalue weighted by Crippen LogP contribution is -2.40. The molecule has 0 aromatic heterocycles. The van der Waals surface area contributed by atoms with Crippen molar-refractivity contribution in [1.29, 1.82) is 0 Å². The molecule has 0 fully saturated rings. The lowest BCUT2D eigenvalue weighted by molar-refractivity contribution is -0.281. The number of hydrogen-bond donors (Lipinski definition) is 0. The second-order valence-electron chi connectivity index (χ2n) is 3.15. The Kier molecular flexibility index (Phi) is 4.32. The van der Waals surface area contributed by atoms with Crippen LogP contribution in [0.15, 0.2) is 18.2 Å². The minimum Gasteiger partial charge on any atom is -0.195 e. The minimum absolute atomic E-state index is 0.147. The summed E-state index contributed by atoms with van der Waals surface area (Å²) in [5.41, 5.74) is -0.376. The highest BCUT2D eigenvalue weighted by atomic mass is 79.9. The molecule has 1 rings (SSSR count). The topological polar surface area (TPSA) is 0 Å². The van der Waals surface area contributed by atoms with E-state index in [0.29, 0.717) is 0 Å². The lowest BCUT2D eigenvalue weighted by atomic mass is 10.1. The average Bonchev–Trinajstić information content (AvgIpc) is 2.14. The third kappa shape index (κ3) is 3.03. The maximum Gasteiger partial charge on any atom is 0.454 e. The lowest BCUT2D eigenvalue weighted by Gasteiger charge is -2.25. The molecular weight excluding hydrogens is 354 g/mol. The van der Waals surface area contributed by atoms with Crippen molar-refractivity contribution in [2.45, 2.75) is 16.9 Å². The summed E-state index contributed by atoms with van der Waals surface area (Å²) in [5, 5.41) is -0.114. The summed E-state index contributed by atoms with van der Waals surface area (Å²) < 4.78 is 62.4. The maximum atomic E-state index is 13.0. The monoisotopic (exact) mass is 356 g/mol. The Bertz CT molecular complexity index is 418. The molecule has 0 nitrogen and oxygen atoms in total. The van der Waals surface area contributed by atoms with Gasteiger partial charge < -0.3 is 0 Å². The average molecular weight is 358 g/mol. The molecular formula is C9H4BrCl2F5. The molecule has 0 aliphatic heterocycles. The Morgan fingerprint density at radius 2 is 1.59 bits per heavy atom. The molecule has 0 saturated carbocycles. The second kappa shape index (κ2) is 4.90. The Balaban J connectivity index is 3.17. The molecule has 0 N–H and O–H groups in total. The van der Waals surface area contributed by atoms with Gasteiger partial charge in [0.1, 0.15) is 4.83 Å². The highest BCUT2D eigenvalue weighted by molar-refractivity contribution is 9.09. The Morgan fingerprint density at radius 1 is 1.06 bits per heavy atom. The maximum absolute atomic E-state index is 13.0. The largest absolute Gasteiger partial charge is 0.454 e. The van der Waals surface area contributed by atoms with Crippen LogP contribution in [0.1, 0.15) is 10.4 Å². The molecule has 8 heteroatoms. The zero-order valence-electron chi connectivity index (χ0n) is 7.83. The first-order valence-corrected chi connectivity index (χ1v) is 5.78. The molecule has 96 valence electrons. The van der Waals surface area contributed by atoms with Gasteiger partial charge in [0, 0.05) is 10.0 Å². The predicted molar refractivity (Wildman–Crippen MR) is 59.1 cm³/mol. The summed E-state index contributed by atoms with van der Waals surface area (Å²) in [6.45, 7) is 0. The van der Waals surface area contributed by atoms with Crippen LogP contribution in [-0.2, 0) is 0 Å². The summed E-state index contributed by atoms with van der Waals surface area (Å²) in [6.07, 6.45) is -5.66. The summed E-state index contributed by atoms with van der Waals surface area (Å²) in [4.78, 5) is -2.26. The van der Waals surface area contributed by atoms with Crippen molar-refractivity contribution >= 4 is 39.1 Å². The van der Waals surface area contributed by atoms with Gasteiger partial charge in [0.15, 0.2) is 0 Å². The van der Waals surface area contributed by atoms with Crippen LogP contribution in [0.25, 0.3) is 0 Å². The van der Waals surface area contributed by atoms with Gasteiger partial charge in [-0.2, -0.15) is 22.0 Å². The minimum atomic E-state index is -5.66. The molecule has 1 atom stereocenters. The molecule has 1 aromatic rings. The molecule has 1 aromatic carbocycles. The molecule has 0 amide bonds. The first kappa shape index (κ1) is 15.0. The van der Waals surface area contributed by atoms with E-state index in [1.165, 1.54) is 6.07 Å². The van der Waals surface area contributed by atoms with E-state index in [1.807, 2.05) is 0 Å². The van der Waals surface area contributed by atoms with E-state index < -0.39 is 16.9 Å². The van der Waals surface area contributed by atoms with Gasteiger partial charge in [0.25, 0.3) is 0 Å². The zero-order valence-corrected chi connectivity index (χ0v) is 10.9. The third-order valence-electron chi connectivity index (χ3n) is 1.93. The molecule has 0 aliphatic rings. The van der Waals surface area contributed by atoms with Crippen molar-refractivity contribution < 1.29 is 22.0 Å². The van der Waals surface area contributed by atoms with E-state index in [-0.39, 0.29) is 15.6 Å². The van der Waals surface area contributed by atoms with E-state index in [1.54, 1.807) is 0 Å². The molecule has 0 heterocycles. The van der Waals surface area contributed by atoms with Gasteiger partial charge in [-0.3, -0.25) is 0 Å². The van der Waals surface area contributed by atoms with Gasteiger partial charge in [-0.1, -0.05) is 45.2 Å². The fourth-order valence-electron chi connectivity index (χ4n) is 1.05. The predicted octanol–water partition coefficient (Wildman–Crippen LogP) is 5.63. The number of rotatable bonds is 2. The van der Waals surface area contributed by atoms with Crippen molar-refractivity contribution in [2.75, 3.05) is 0 Å². The summed E-state index contributed by atoms with van der Waals surface area (Å²) in [6, 6.07) is 3.30. The van der Waals surface area contributed by atoms with Crippen LogP contribution in [-0.4, -0.2) is 12.1 Å². The van der Waals surface area contributed by atoms with Gasteiger partial charge in [0.05, 0.1) is 0 Å². The standard InChI is InChI=1S/C9H4BrCl2F5/c10-7(8(13,14)9(15,16)17)5-2-1-4(11)3-6(5)12/h1-3,7H. The third-order valence-corrected chi connectivity index (χ3v) is 3.56. The van der Waals surface area contributed by atoms with Gasteiger partial charge in [-0.25, -0.2) is 0 Å². The second-order valence-corrected chi connectivity index (χ2v) is 4.91. The highest BCUT2D eigenvalue weighted by Gasteiger charge is 2.62. The first-order valence-electron chi connectivity index (χ1n) is 4.11. The van der Waals surface area contributed by atoms with Gasteiger partial charge in [-0.05, 0) is 17.7 Å². The number of hydrogen-bond acceptors (Lipinski definition) is 0. The van der Waals surface area contributed by atoms with E-state index in [9.17, 15) is 22.0 Å². The molecule has 1 unspecified atom stereocenters. The SMILES string of the molecule is FC(F)(F)C(F)(F)C(Br)c1ccc(Cl)cc1Cl. The van der Waals surface area contributed by atoms with E-state index in [0.717, 1.165) is 12.1 Å². The Labute approximate surface area is 112 Å². The van der Waals surface area contributed by atoms with E-state index in [4.69, 9.17) is 23.2 Å². The van der Waals surface area contributed by atoms with Crippen LogP contribution in [0.5, 0.6) is 0 Å². The summed E-state index contributed by atoms with van der Waals surface area (Å²) in [7, 11) is 0. The Morgan fingerprint density at radius 3 is 2.00 bits per heavy atom. The van der Waals surface area contributed by atoms with Crippen LogP contribution in [0, 0.1) is 0 Å². The molecule has 17 heavy (non-hydrogen) atoms. The number of benzene rings is 1. The zero-order chi connectivity index (χ0) is 13.4. The van der Waals surface area contributed by atoms with Gasteiger partial charge in [0.2, 0.25) is 0 Å². The normalized spacial score (nSPS) is 14.8. The van der Waals surface area contributed by atoms with Crippen molar-refractivity contribution in [3.63, 3.8) is 0 Å². The fraction of sp³-hybridized carbons (Fsp3) is 0.333. The first-order chi connectivity index (χ1) is 7.57. The van der Waals surface area contributed by atoms with Crippen LogP contribution in [0.2, 0.25) is 10.0 Å². The van der Waals surface area contributed by atoms with Crippen LogP contribution >= 0.6 is 39.1 Å². The van der Waals surface area contributed by atoms with Crippen LogP contribution in [0.4, 0.5) is 22.0 Å². The molecule has 0 saturated heterocycles. The van der Waals surface area contributed by atoms with Crippen molar-refractivity contribution in [2.24, 2.45) is 0 Å². The number of halogens is 8. The quantitative estimate of drug-likeness (QED) is 0.475. The molecule has 0 radical (unpaired) electrons. The Hall–Kier alpha value is -0.0700. The van der Waals surface area contributed by atoms with Crippen molar-refractivity contribution in [3.05, 3.63) is 33.8 Å². The van der Waals surface area contributed by atoms with E-state index in [2.05, 4.69) is 15.9 Å². The summed E-state index contributed by atoms with van der Waals surface area (Å²) >= 11 is 13.4. The van der Waals surface area contributed by atoms with E-state index >= 15 is 0 Å². The van der Waals surface area contributed by atoms with Crippen molar-refractivity contribution in [3.8, 4) is 0 Å². The smallest absolute Gasteiger partial charge is 0.195 e. The van der Waals surface area contributed by atoms with Crippen molar-refractivity contribution in [1.82, 2.24) is 0 Å². The van der Waals surface area contributed by atoms with Crippen LogP contribution < -0.4 is 0 Å². The molecule has 0 aliphatic carbocycles. The van der Waals surface area contributed by atoms with Gasteiger partial charge in [-0.15, -0.1) is 0 Å². The molecule has 0 spiro atoms. The van der Waals surface area contributed by atoms with Gasteiger partial charge >= 0.3 is 12.1 Å². The fourth-order valence-corrected chi connectivity index (χ4v) is 2.35. The molecule has 0 bridgehead atoms. The van der Waals surface area contributed by atoms with Crippen LogP contribution in [0.3, 0.4) is 0 Å². The number of alkyl halides is 6.